The van der Waals surface area contributed by atoms with Crippen LogP contribution in [0.5, 0.6) is 0 Å². The molecule has 2 aliphatic heterocycles. The molecule has 25 heavy (non-hydrogen) atoms. The summed E-state index contributed by atoms with van der Waals surface area (Å²) in [6.07, 6.45) is 6.83. The van der Waals surface area contributed by atoms with E-state index in [1.165, 1.54) is 0 Å². The summed E-state index contributed by atoms with van der Waals surface area (Å²) in [5.41, 5.74) is 1.73. The number of aromatic nitrogens is 2. The Morgan fingerprint density at radius 2 is 2.08 bits per heavy atom. The lowest BCUT2D eigenvalue weighted by atomic mass is 10.0. The lowest BCUT2D eigenvalue weighted by Crippen LogP contribution is -2.49. The first kappa shape index (κ1) is 15.9. The van der Waals surface area contributed by atoms with Crippen molar-refractivity contribution >= 4 is 11.8 Å². The number of carbonyl (C=O) groups excluding carboxylic acids is 2. The number of carbonyl (C=O) groups is 2. The molecule has 0 aliphatic carbocycles. The van der Waals surface area contributed by atoms with Crippen molar-refractivity contribution < 1.29 is 9.59 Å². The van der Waals surface area contributed by atoms with E-state index >= 15 is 0 Å². The molecule has 4 rings (SSSR count). The Morgan fingerprint density at radius 3 is 2.88 bits per heavy atom. The summed E-state index contributed by atoms with van der Waals surface area (Å²) < 4.78 is 1.88. The highest BCUT2D eigenvalue weighted by molar-refractivity contribution is 6.00. The molecule has 0 spiro atoms. The predicted octanol–water partition coefficient (Wildman–Crippen LogP) is 1.92. The third kappa shape index (κ3) is 3.16. The number of hydrogen-bond donors (Lipinski definition) is 0. The zero-order valence-corrected chi connectivity index (χ0v) is 14.2. The van der Waals surface area contributed by atoms with Gasteiger partial charge in [-0.1, -0.05) is 18.2 Å². The van der Waals surface area contributed by atoms with Gasteiger partial charge in [0.2, 0.25) is 5.91 Å². The van der Waals surface area contributed by atoms with Crippen LogP contribution in [-0.2, 0) is 17.9 Å². The zero-order chi connectivity index (χ0) is 17.2. The fourth-order valence-electron chi connectivity index (χ4n) is 3.84. The molecule has 0 radical (unpaired) electrons. The second kappa shape index (κ2) is 6.70. The molecule has 0 N–H and O–H groups in total. The van der Waals surface area contributed by atoms with E-state index in [1.807, 2.05) is 46.1 Å². The lowest BCUT2D eigenvalue weighted by Gasteiger charge is -2.36. The molecular weight excluding hydrogens is 316 g/mol. The Kier molecular flexibility index (Phi) is 4.26. The van der Waals surface area contributed by atoms with Crippen molar-refractivity contribution in [3.05, 3.63) is 53.9 Å². The Balaban J connectivity index is 1.44. The number of piperidine rings is 1. The van der Waals surface area contributed by atoms with Crippen LogP contribution < -0.4 is 0 Å². The summed E-state index contributed by atoms with van der Waals surface area (Å²) in [6, 6.07) is 9.65. The average molecular weight is 338 g/mol. The van der Waals surface area contributed by atoms with Crippen molar-refractivity contribution in [3.8, 4) is 0 Å². The van der Waals surface area contributed by atoms with Crippen LogP contribution in [0.3, 0.4) is 0 Å². The lowest BCUT2D eigenvalue weighted by molar-refractivity contribution is -0.136. The fourth-order valence-corrected chi connectivity index (χ4v) is 3.84. The number of benzene rings is 1. The molecule has 0 unspecified atom stereocenters. The number of amides is 2. The van der Waals surface area contributed by atoms with E-state index in [-0.39, 0.29) is 24.4 Å². The van der Waals surface area contributed by atoms with Gasteiger partial charge in [-0.05, 0) is 37.0 Å². The van der Waals surface area contributed by atoms with Crippen molar-refractivity contribution in [1.29, 1.82) is 0 Å². The highest BCUT2D eigenvalue weighted by Crippen LogP contribution is 2.24. The summed E-state index contributed by atoms with van der Waals surface area (Å²) >= 11 is 0. The van der Waals surface area contributed by atoms with Gasteiger partial charge in [0.15, 0.2) is 0 Å². The van der Waals surface area contributed by atoms with Crippen molar-refractivity contribution in [2.45, 2.75) is 38.4 Å². The molecule has 1 aromatic carbocycles. The van der Waals surface area contributed by atoms with Gasteiger partial charge in [0, 0.05) is 31.0 Å². The smallest absolute Gasteiger partial charge is 0.254 e. The van der Waals surface area contributed by atoms with Crippen LogP contribution in [0.1, 0.15) is 35.2 Å². The molecule has 1 fully saturated rings. The Bertz CT molecular complexity index is 771. The van der Waals surface area contributed by atoms with Gasteiger partial charge in [-0.25, -0.2) is 0 Å². The molecule has 2 aromatic rings. The Labute approximate surface area is 147 Å². The molecule has 1 saturated heterocycles. The quantitative estimate of drug-likeness (QED) is 0.856. The van der Waals surface area contributed by atoms with Crippen LogP contribution in [0.15, 0.2) is 42.7 Å². The number of likely N-dealkylation sites (tertiary alicyclic amines) is 1. The van der Waals surface area contributed by atoms with Gasteiger partial charge in [-0.15, -0.1) is 0 Å². The summed E-state index contributed by atoms with van der Waals surface area (Å²) in [6.45, 7) is 2.16. The molecule has 6 nitrogen and oxygen atoms in total. The first-order valence-electron chi connectivity index (χ1n) is 8.86. The van der Waals surface area contributed by atoms with E-state index < -0.39 is 0 Å². The maximum atomic E-state index is 12.9. The van der Waals surface area contributed by atoms with Gasteiger partial charge < -0.3 is 9.80 Å². The van der Waals surface area contributed by atoms with Crippen LogP contribution >= 0.6 is 0 Å². The molecule has 1 atom stereocenters. The summed E-state index contributed by atoms with van der Waals surface area (Å²) in [7, 11) is 0. The van der Waals surface area contributed by atoms with Gasteiger partial charge >= 0.3 is 0 Å². The molecule has 2 aliphatic rings. The van der Waals surface area contributed by atoms with Crippen LogP contribution in [0, 0.1) is 0 Å². The number of nitrogens with zero attached hydrogens (tertiary/aromatic N) is 4. The first-order valence-corrected chi connectivity index (χ1v) is 8.86. The van der Waals surface area contributed by atoms with Crippen molar-refractivity contribution in [2.75, 3.05) is 13.1 Å². The molecular formula is C19H22N4O2. The molecule has 0 bridgehead atoms. The number of hydrogen-bond acceptors (Lipinski definition) is 3. The minimum absolute atomic E-state index is 0.0374. The SMILES string of the molecule is O=C1c2ccccc2CN1CC(=O)N1CCCC[C@@H]1Cn1cccn1. The predicted molar refractivity (Wildman–Crippen MR) is 92.8 cm³/mol. The molecule has 2 amide bonds. The largest absolute Gasteiger partial charge is 0.336 e. The van der Waals surface area contributed by atoms with E-state index in [0.717, 1.165) is 36.9 Å². The standard InChI is InChI=1S/C19H22N4O2/c24-18(14-21-12-15-6-1-2-8-17(15)19(21)25)23-11-4-3-7-16(23)13-22-10-5-9-20-22/h1-2,5-6,8-10,16H,3-4,7,11-14H2/t16-/m1/s1. The molecule has 0 saturated carbocycles. The molecule has 1 aromatic heterocycles. The summed E-state index contributed by atoms with van der Waals surface area (Å²) in [5.74, 6) is 0.00241. The van der Waals surface area contributed by atoms with Gasteiger partial charge in [0.25, 0.3) is 5.91 Å². The summed E-state index contributed by atoms with van der Waals surface area (Å²) in [4.78, 5) is 29.0. The van der Waals surface area contributed by atoms with E-state index in [9.17, 15) is 9.59 Å². The fraction of sp³-hybridized carbons (Fsp3) is 0.421. The van der Waals surface area contributed by atoms with Crippen molar-refractivity contribution in [1.82, 2.24) is 19.6 Å². The minimum atomic E-state index is -0.0374. The maximum absolute atomic E-state index is 12.9. The van der Waals surface area contributed by atoms with Gasteiger partial charge in [0.1, 0.15) is 6.54 Å². The minimum Gasteiger partial charge on any atom is -0.336 e. The second-order valence-electron chi connectivity index (χ2n) is 6.78. The summed E-state index contributed by atoms with van der Waals surface area (Å²) in [5, 5.41) is 4.26. The van der Waals surface area contributed by atoms with E-state index in [0.29, 0.717) is 13.1 Å². The Hall–Kier alpha value is -2.63. The highest BCUT2D eigenvalue weighted by atomic mass is 16.2. The third-order valence-corrected chi connectivity index (χ3v) is 5.13. The highest BCUT2D eigenvalue weighted by Gasteiger charge is 2.32. The van der Waals surface area contributed by atoms with Crippen LogP contribution in [0.25, 0.3) is 0 Å². The second-order valence-corrected chi connectivity index (χ2v) is 6.78. The monoisotopic (exact) mass is 338 g/mol. The van der Waals surface area contributed by atoms with Crippen LogP contribution in [0.2, 0.25) is 0 Å². The Morgan fingerprint density at radius 1 is 1.20 bits per heavy atom. The van der Waals surface area contributed by atoms with E-state index in [1.54, 1.807) is 11.1 Å². The van der Waals surface area contributed by atoms with Crippen molar-refractivity contribution in [3.63, 3.8) is 0 Å². The maximum Gasteiger partial charge on any atom is 0.254 e. The number of rotatable bonds is 4. The molecule has 130 valence electrons. The van der Waals surface area contributed by atoms with Gasteiger partial charge in [-0.3, -0.25) is 14.3 Å². The van der Waals surface area contributed by atoms with Crippen LogP contribution in [0.4, 0.5) is 0 Å². The van der Waals surface area contributed by atoms with E-state index in [2.05, 4.69) is 5.10 Å². The third-order valence-electron chi connectivity index (χ3n) is 5.13. The van der Waals surface area contributed by atoms with Crippen molar-refractivity contribution in [2.24, 2.45) is 0 Å². The topological polar surface area (TPSA) is 58.4 Å². The first-order chi connectivity index (χ1) is 12.2. The van der Waals surface area contributed by atoms with Gasteiger partial charge in [-0.2, -0.15) is 5.10 Å². The zero-order valence-electron chi connectivity index (χ0n) is 14.2. The normalized spacial score (nSPS) is 20.0. The van der Waals surface area contributed by atoms with Crippen LogP contribution in [-0.4, -0.2) is 50.5 Å². The van der Waals surface area contributed by atoms with E-state index in [4.69, 9.17) is 0 Å². The average Bonchev–Trinajstić information content (AvgIpc) is 3.24. The number of fused-ring (bicyclic) bond motifs is 1. The molecule has 6 heteroatoms. The van der Waals surface area contributed by atoms with Gasteiger partial charge in [0.05, 0.1) is 12.6 Å². The molecule has 3 heterocycles.